The van der Waals surface area contributed by atoms with Crippen molar-refractivity contribution < 1.29 is 12.8 Å². The van der Waals surface area contributed by atoms with Crippen LogP contribution >= 0.6 is 11.6 Å². The largest absolute Gasteiger partial charge is 0.423 e. The highest BCUT2D eigenvalue weighted by Gasteiger charge is 2.20. The molecule has 1 N–H and O–H groups in total. The van der Waals surface area contributed by atoms with Gasteiger partial charge in [0.2, 0.25) is 0 Å². The first-order chi connectivity index (χ1) is 12.4. The van der Waals surface area contributed by atoms with Crippen molar-refractivity contribution in [1.82, 2.24) is 4.98 Å². The zero-order chi connectivity index (χ0) is 18.3. The second-order valence-corrected chi connectivity index (χ2v) is 7.68. The minimum atomic E-state index is -3.93. The van der Waals surface area contributed by atoms with Gasteiger partial charge in [-0.3, -0.25) is 9.71 Å². The Morgan fingerprint density at radius 3 is 2.69 bits per heavy atom. The van der Waals surface area contributed by atoms with Gasteiger partial charge in [0.1, 0.15) is 10.5 Å². The Labute approximate surface area is 153 Å². The zero-order valence-electron chi connectivity index (χ0n) is 13.1. The van der Waals surface area contributed by atoms with Crippen LogP contribution in [0.1, 0.15) is 0 Å². The molecule has 4 rings (SSSR count). The topological polar surface area (TPSA) is 89.3 Å². The molecule has 0 spiro atoms. The van der Waals surface area contributed by atoms with Crippen LogP contribution in [0.2, 0.25) is 5.02 Å². The summed E-state index contributed by atoms with van der Waals surface area (Å²) in [5.74, 6) is 0. The lowest BCUT2D eigenvalue weighted by Gasteiger charge is -2.11. The lowest BCUT2D eigenvalue weighted by atomic mass is 10.2. The molecule has 0 aliphatic heterocycles. The summed E-state index contributed by atoms with van der Waals surface area (Å²) in [6.07, 6.45) is 1.52. The molecule has 0 radical (unpaired) electrons. The number of pyridine rings is 1. The van der Waals surface area contributed by atoms with E-state index < -0.39 is 15.6 Å². The molecule has 26 heavy (non-hydrogen) atoms. The predicted octanol–water partition coefficient (Wildman–Crippen LogP) is 3.80. The van der Waals surface area contributed by atoms with Gasteiger partial charge < -0.3 is 4.42 Å². The Bertz CT molecular complexity index is 1320. The second kappa shape index (κ2) is 6.12. The molecule has 4 aromatic rings. The van der Waals surface area contributed by atoms with Crippen molar-refractivity contribution in [3.8, 4) is 0 Å². The van der Waals surface area contributed by atoms with E-state index in [9.17, 15) is 13.2 Å². The molecule has 8 heteroatoms. The highest BCUT2D eigenvalue weighted by atomic mass is 35.5. The van der Waals surface area contributed by atoms with Gasteiger partial charge in [0, 0.05) is 33.7 Å². The fraction of sp³-hybridized carbons (Fsp3) is 0. The summed E-state index contributed by atoms with van der Waals surface area (Å²) in [6.45, 7) is 0. The molecule has 0 saturated heterocycles. The molecule has 0 unspecified atom stereocenters. The van der Waals surface area contributed by atoms with Gasteiger partial charge in [-0.1, -0.05) is 17.7 Å². The normalized spacial score (nSPS) is 11.7. The molecular formula is C18H11ClN2O4S. The number of aromatic nitrogens is 1. The summed E-state index contributed by atoms with van der Waals surface area (Å²) >= 11 is 6.06. The number of hydrogen-bond donors (Lipinski definition) is 1. The first-order valence-corrected chi connectivity index (χ1v) is 9.39. The van der Waals surface area contributed by atoms with E-state index in [1.807, 2.05) is 0 Å². The molecule has 0 amide bonds. The van der Waals surface area contributed by atoms with Crippen molar-refractivity contribution in [1.29, 1.82) is 0 Å². The summed E-state index contributed by atoms with van der Waals surface area (Å²) < 4.78 is 33.3. The average Bonchev–Trinajstić information content (AvgIpc) is 2.61. The third-order valence-corrected chi connectivity index (χ3v) is 5.41. The van der Waals surface area contributed by atoms with Crippen molar-refractivity contribution >= 4 is 49.2 Å². The SMILES string of the molecule is O=c1ccc2cc(NS(=O)(=O)c3cc(Cl)cc4cccnc34)ccc2o1. The van der Waals surface area contributed by atoms with Gasteiger partial charge in [0.25, 0.3) is 10.0 Å². The van der Waals surface area contributed by atoms with Crippen LogP contribution in [0.4, 0.5) is 5.69 Å². The molecule has 0 bridgehead atoms. The van der Waals surface area contributed by atoms with E-state index in [0.29, 0.717) is 32.6 Å². The van der Waals surface area contributed by atoms with Gasteiger partial charge in [-0.05, 0) is 42.5 Å². The number of hydrogen-bond acceptors (Lipinski definition) is 5. The molecule has 0 atom stereocenters. The summed E-state index contributed by atoms with van der Waals surface area (Å²) in [7, 11) is -3.93. The van der Waals surface area contributed by atoms with Crippen LogP contribution in [-0.4, -0.2) is 13.4 Å². The third kappa shape index (κ3) is 3.02. The molecule has 2 aromatic heterocycles. The van der Waals surface area contributed by atoms with E-state index in [4.69, 9.17) is 16.0 Å². The zero-order valence-corrected chi connectivity index (χ0v) is 14.7. The van der Waals surface area contributed by atoms with Crippen LogP contribution in [0.5, 0.6) is 0 Å². The maximum absolute atomic E-state index is 12.9. The molecular weight excluding hydrogens is 376 g/mol. The highest BCUT2D eigenvalue weighted by molar-refractivity contribution is 7.93. The number of nitrogens with zero attached hydrogens (tertiary/aromatic N) is 1. The van der Waals surface area contributed by atoms with Crippen molar-refractivity contribution in [2.24, 2.45) is 0 Å². The Kier molecular flexibility index (Phi) is 3.90. The van der Waals surface area contributed by atoms with Crippen LogP contribution in [-0.2, 0) is 10.0 Å². The van der Waals surface area contributed by atoms with Crippen LogP contribution in [0.25, 0.3) is 21.9 Å². The van der Waals surface area contributed by atoms with Gasteiger partial charge in [-0.15, -0.1) is 0 Å². The minimum absolute atomic E-state index is 0.0136. The van der Waals surface area contributed by atoms with E-state index in [0.717, 1.165) is 0 Å². The lowest BCUT2D eigenvalue weighted by molar-refractivity contribution is 0.561. The van der Waals surface area contributed by atoms with Crippen molar-refractivity contribution in [3.63, 3.8) is 0 Å². The number of halogens is 1. The Balaban J connectivity index is 1.81. The first-order valence-electron chi connectivity index (χ1n) is 7.53. The molecule has 0 aliphatic carbocycles. The third-order valence-electron chi connectivity index (χ3n) is 3.80. The van der Waals surface area contributed by atoms with Crippen molar-refractivity contribution in [2.45, 2.75) is 4.90 Å². The summed E-state index contributed by atoms with van der Waals surface area (Å²) in [5.41, 5.74) is 0.559. The fourth-order valence-electron chi connectivity index (χ4n) is 2.67. The Hall–Kier alpha value is -2.90. The second-order valence-electron chi connectivity index (χ2n) is 5.59. The molecule has 0 aliphatic rings. The van der Waals surface area contributed by atoms with Gasteiger partial charge in [-0.25, -0.2) is 13.2 Å². The number of nitrogens with one attached hydrogen (secondary N) is 1. The van der Waals surface area contributed by atoms with E-state index in [2.05, 4.69) is 9.71 Å². The van der Waals surface area contributed by atoms with E-state index >= 15 is 0 Å². The van der Waals surface area contributed by atoms with Crippen LogP contribution in [0, 0.1) is 0 Å². The van der Waals surface area contributed by atoms with E-state index in [1.54, 1.807) is 30.3 Å². The minimum Gasteiger partial charge on any atom is -0.423 e. The monoisotopic (exact) mass is 386 g/mol. The maximum Gasteiger partial charge on any atom is 0.336 e. The molecule has 2 heterocycles. The smallest absolute Gasteiger partial charge is 0.336 e. The molecule has 130 valence electrons. The van der Waals surface area contributed by atoms with Gasteiger partial charge >= 0.3 is 5.63 Å². The Morgan fingerprint density at radius 1 is 1.00 bits per heavy atom. The predicted molar refractivity (Wildman–Crippen MR) is 100 cm³/mol. The highest BCUT2D eigenvalue weighted by Crippen LogP contribution is 2.28. The molecule has 0 fully saturated rings. The number of benzene rings is 2. The standard InChI is InChI=1S/C18H11ClN2O4S/c19-13-8-12-2-1-7-20-18(12)16(10-13)26(23,24)21-14-4-5-15-11(9-14)3-6-17(22)25-15/h1-10,21H. The summed E-state index contributed by atoms with van der Waals surface area (Å²) in [4.78, 5) is 15.4. The van der Waals surface area contributed by atoms with Crippen LogP contribution in [0.3, 0.4) is 0 Å². The van der Waals surface area contributed by atoms with Crippen LogP contribution in [0.15, 0.2) is 74.9 Å². The van der Waals surface area contributed by atoms with Gasteiger partial charge in [-0.2, -0.15) is 0 Å². The summed E-state index contributed by atoms with van der Waals surface area (Å²) in [6, 6.07) is 13.9. The Morgan fingerprint density at radius 2 is 1.85 bits per heavy atom. The quantitative estimate of drug-likeness (QED) is 0.541. The average molecular weight is 387 g/mol. The number of sulfonamides is 1. The molecule has 6 nitrogen and oxygen atoms in total. The fourth-order valence-corrected chi connectivity index (χ4v) is 4.22. The molecule has 0 saturated carbocycles. The summed E-state index contributed by atoms with van der Waals surface area (Å²) in [5, 5.41) is 1.52. The van der Waals surface area contributed by atoms with Crippen molar-refractivity contribution in [3.05, 3.63) is 76.2 Å². The van der Waals surface area contributed by atoms with E-state index in [-0.39, 0.29) is 4.90 Å². The number of rotatable bonds is 3. The van der Waals surface area contributed by atoms with E-state index in [1.165, 1.54) is 30.5 Å². The number of anilines is 1. The number of fused-ring (bicyclic) bond motifs is 2. The molecule has 2 aromatic carbocycles. The maximum atomic E-state index is 12.9. The van der Waals surface area contributed by atoms with Gasteiger partial charge in [0.15, 0.2) is 0 Å². The lowest BCUT2D eigenvalue weighted by Crippen LogP contribution is -2.14. The first kappa shape index (κ1) is 16.6. The van der Waals surface area contributed by atoms with Gasteiger partial charge in [0.05, 0.1) is 5.52 Å². The van der Waals surface area contributed by atoms with Crippen molar-refractivity contribution in [2.75, 3.05) is 4.72 Å². The van der Waals surface area contributed by atoms with Crippen LogP contribution < -0.4 is 10.3 Å².